The molecular weight excluding hydrogens is 230 g/mol. The Labute approximate surface area is 109 Å². The van der Waals surface area contributed by atoms with Crippen molar-refractivity contribution in [2.45, 2.75) is 65.9 Å². The molecule has 0 spiro atoms. The van der Waals surface area contributed by atoms with Crippen LogP contribution < -0.4 is 0 Å². The van der Waals surface area contributed by atoms with Gasteiger partial charge in [0.1, 0.15) is 0 Å². The van der Waals surface area contributed by atoms with Crippen LogP contribution in [0, 0.1) is 5.41 Å². The van der Waals surface area contributed by atoms with Crippen molar-refractivity contribution in [3.63, 3.8) is 0 Å². The van der Waals surface area contributed by atoms with E-state index in [1.807, 2.05) is 0 Å². The van der Waals surface area contributed by atoms with Crippen LogP contribution in [0.15, 0.2) is 5.38 Å². The number of nitrogens with zero attached hydrogens (tertiary/aromatic N) is 1. The molecule has 3 heteroatoms. The lowest BCUT2D eigenvalue weighted by molar-refractivity contribution is 0.121. The average Bonchev–Trinajstić information content (AvgIpc) is 2.47. The van der Waals surface area contributed by atoms with Gasteiger partial charge in [0.15, 0.2) is 0 Å². The van der Waals surface area contributed by atoms with Crippen molar-refractivity contribution in [1.82, 2.24) is 4.98 Å². The van der Waals surface area contributed by atoms with Gasteiger partial charge >= 0.3 is 0 Å². The molecule has 1 aromatic heterocycles. The van der Waals surface area contributed by atoms with Crippen LogP contribution in [-0.4, -0.2) is 16.2 Å². The molecule has 0 radical (unpaired) electrons. The molecule has 0 bridgehead atoms. The maximum atomic E-state index is 10.0. The smallest absolute Gasteiger partial charge is 0.0954 e. The van der Waals surface area contributed by atoms with Crippen LogP contribution in [-0.2, 0) is 11.8 Å². The predicted octanol–water partition coefficient (Wildman–Crippen LogP) is 3.78. The van der Waals surface area contributed by atoms with Crippen LogP contribution in [0.1, 0.15) is 58.7 Å². The zero-order chi connectivity index (χ0) is 13.3. The number of aliphatic hydroxyl groups excluding tert-OH is 1. The van der Waals surface area contributed by atoms with Crippen molar-refractivity contribution >= 4 is 11.3 Å². The topological polar surface area (TPSA) is 33.1 Å². The van der Waals surface area contributed by atoms with E-state index in [4.69, 9.17) is 0 Å². The number of aromatic nitrogens is 1. The van der Waals surface area contributed by atoms with E-state index in [0.29, 0.717) is 6.42 Å². The molecular formula is C14H25NOS. The second-order valence-electron chi connectivity index (χ2n) is 7.00. The third kappa shape index (κ3) is 5.17. The van der Waals surface area contributed by atoms with Crippen molar-refractivity contribution < 1.29 is 5.11 Å². The van der Waals surface area contributed by atoms with Gasteiger partial charge in [-0.3, -0.25) is 0 Å². The SMILES string of the molecule is CC(C)(C)CC(O)Cc1nc(C(C)(C)C)cs1. The minimum absolute atomic E-state index is 0.101. The molecule has 0 saturated carbocycles. The molecule has 0 aliphatic heterocycles. The summed E-state index contributed by atoms with van der Waals surface area (Å²) in [6.45, 7) is 12.9. The van der Waals surface area contributed by atoms with Crippen LogP contribution in [0.5, 0.6) is 0 Å². The van der Waals surface area contributed by atoms with Crippen LogP contribution >= 0.6 is 11.3 Å². The molecule has 1 rings (SSSR count). The van der Waals surface area contributed by atoms with Gasteiger partial charge < -0.3 is 5.11 Å². The zero-order valence-corrected chi connectivity index (χ0v) is 12.7. The molecule has 2 nitrogen and oxygen atoms in total. The number of hydrogen-bond acceptors (Lipinski definition) is 3. The summed E-state index contributed by atoms with van der Waals surface area (Å²) in [6, 6.07) is 0. The van der Waals surface area contributed by atoms with E-state index in [0.717, 1.165) is 17.1 Å². The summed E-state index contributed by atoms with van der Waals surface area (Å²) in [6.07, 6.45) is 1.21. The second kappa shape index (κ2) is 5.07. The summed E-state index contributed by atoms with van der Waals surface area (Å²) < 4.78 is 0. The number of rotatable bonds is 3. The fourth-order valence-corrected chi connectivity index (χ4v) is 2.82. The van der Waals surface area contributed by atoms with Gasteiger partial charge in [-0.15, -0.1) is 11.3 Å². The molecule has 0 saturated heterocycles. The molecule has 1 unspecified atom stereocenters. The molecule has 17 heavy (non-hydrogen) atoms. The van der Waals surface area contributed by atoms with Crippen LogP contribution in [0.3, 0.4) is 0 Å². The van der Waals surface area contributed by atoms with Gasteiger partial charge in [-0.2, -0.15) is 0 Å². The van der Waals surface area contributed by atoms with E-state index in [2.05, 4.69) is 51.9 Å². The molecule has 0 aliphatic rings. The summed E-state index contributed by atoms with van der Waals surface area (Å²) in [4.78, 5) is 4.61. The van der Waals surface area contributed by atoms with E-state index in [9.17, 15) is 5.11 Å². The van der Waals surface area contributed by atoms with Crippen molar-refractivity contribution in [3.8, 4) is 0 Å². The molecule has 0 aromatic carbocycles. The highest BCUT2D eigenvalue weighted by molar-refractivity contribution is 7.09. The fraction of sp³-hybridized carbons (Fsp3) is 0.786. The molecule has 1 atom stereocenters. The van der Waals surface area contributed by atoms with Gasteiger partial charge in [0.25, 0.3) is 0 Å². The predicted molar refractivity (Wildman–Crippen MR) is 74.6 cm³/mol. The van der Waals surface area contributed by atoms with E-state index < -0.39 is 0 Å². The van der Waals surface area contributed by atoms with E-state index in [1.165, 1.54) is 0 Å². The normalized spacial score (nSPS) is 15.0. The second-order valence-corrected chi connectivity index (χ2v) is 7.94. The van der Waals surface area contributed by atoms with Gasteiger partial charge in [0.05, 0.1) is 16.8 Å². The number of thiazole rings is 1. The minimum atomic E-state index is -0.283. The summed E-state index contributed by atoms with van der Waals surface area (Å²) in [5, 5.41) is 13.2. The summed E-state index contributed by atoms with van der Waals surface area (Å²) >= 11 is 1.66. The summed E-state index contributed by atoms with van der Waals surface area (Å²) in [7, 11) is 0. The van der Waals surface area contributed by atoms with E-state index in [-0.39, 0.29) is 16.9 Å². The highest BCUT2D eigenvalue weighted by Gasteiger charge is 2.20. The number of aliphatic hydroxyl groups is 1. The summed E-state index contributed by atoms with van der Waals surface area (Å²) in [5.41, 5.74) is 1.40. The lowest BCUT2D eigenvalue weighted by Crippen LogP contribution is -2.20. The van der Waals surface area contributed by atoms with Crippen molar-refractivity contribution in [1.29, 1.82) is 0 Å². The molecule has 1 heterocycles. The Morgan fingerprint density at radius 1 is 1.24 bits per heavy atom. The van der Waals surface area contributed by atoms with Crippen molar-refractivity contribution in [2.75, 3.05) is 0 Å². The Morgan fingerprint density at radius 3 is 2.24 bits per heavy atom. The monoisotopic (exact) mass is 255 g/mol. The fourth-order valence-electron chi connectivity index (χ4n) is 1.73. The highest BCUT2D eigenvalue weighted by Crippen LogP contribution is 2.26. The first kappa shape index (κ1) is 14.7. The Bertz CT molecular complexity index is 357. The standard InChI is InChI=1S/C14H25NOS/c1-13(2,3)8-10(16)7-12-15-11(9-17-12)14(4,5)6/h9-10,16H,7-8H2,1-6H3. The lowest BCUT2D eigenvalue weighted by Gasteiger charge is -2.21. The zero-order valence-electron chi connectivity index (χ0n) is 11.9. The first-order chi connectivity index (χ1) is 7.58. The van der Waals surface area contributed by atoms with Gasteiger partial charge in [-0.1, -0.05) is 41.5 Å². The molecule has 98 valence electrons. The third-order valence-corrected chi connectivity index (χ3v) is 3.45. The highest BCUT2D eigenvalue weighted by atomic mass is 32.1. The van der Waals surface area contributed by atoms with Crippen LogP contribution in [0.2, 0.25) is 0 Å². The molecule has 1 aromatic rings. The third-order valence-electron chi connectivity index (χ3n) is 2.58. The van der Waals surface area contributed by atoms with Crippen LogP contribution in [0.4, 0.5) is 0 Å². The maximum absolute atomic E-state index is 10.0. The van der Waals surface area contributed by atoms with E-state index in [1.54, 1.807) is 11.3 Å². The molecule has 0 amide bonds. The Morgan fingerprint density at radius 2 is 1.82 bits per heavy atom. The maximum Gasteiger partial charge on any atom is 0.0954 e. The lowest BCUT2D eigenvalue weighted by atomic mass is 9.88. The molecule has 1 N–H and O–H groups in total. The van der Waals surface area contributed by atoms with E-state index >= 15 is 0 Å². The van der Waals surface area contributed by atoms with Gasteiger partial charge in [-0.25, -0.2) is 4.98 Å². The molecule has 0 fully saturated rings. The quantitative estimate of drug-likeness (QED) is 0.891. The van der Waals surface area contributed by atoms with Gasteiger partial charge in [0.2, 0.25) is 0 Å². The van der Waals surface area contributed by atoms with Gasteiger partial charge in [0, 0.05) is 17.2 Å². The first-order valence-electron chi connectivity index (χ1n) is 6.21. The first-order valence-corrected chi connectivity index (χ1v) is 7.09. The Balaban J connectivity index is 2.61. The van der Waals surface area contributed by atoms with Crippen LogP contribution in [0.25, 0.3) is 0 Å². The van der Waals surface area contributed by atoms with Gasteiger partial charge in [-0.05, 0) is 11.8 Å². The Kier molecular flexibility index (Phi) is 4.37. The van der Waals surface area contributed by atoms with Crippen molar-refractivity contribution in [2.24, 2.45) is 5.41 Å². The largest absolute Gasteiger partial charge is 0.393 e. The summed E-state index contributed by atoms with van der Waals surface area (Å²) in [5.74, 6) is 0. The Hall–Kier alpha value is -0.410. The molecule has 0 aliphatic carbocycles. The van der Waals surface area contributed by atoms with Crippen molar-refractivity contribution in [3.05, 3.63) is 16.1 Å². The average molecular weight is 255 g/mol. The number of hydrogen-bond donors (Lipinski definition) is 1. The minimum Gasteiger partial charge on any atom is -0.393 e.